The van der Waals surface area contributed by atoms with E-state index in [2.05, 4.69) is 34.4 Å². The van der Waals surface area contributed by atoms with E-state index in [1.54, 1.807) is 19.2 Å². The van der Waals surface area contributed by atoms with Crippen LogP contribution in [-0.4, -0.2) is 71.0 Å². The average molecular weight is 383 g/mol. The van der Waals surface area contributed by atoms with Gasteiger partial charge >= 0.3 is 0 Å². The van der Waals surface area contributed by atoms with Crippen LogP contribution in [0.5, 0.6) is 0 Å². The first-order valence-electron chi connectivity index (χ1n) is 8.79. The molecule has 0 radical (unpaired) electrons. The number of morpholine rings is 1. The molecule has 0 atom stereocenters. The van der Waals surface area contributed by atoms with Gasteiger partial charge in [0.2, 0.25) is 0 Å². The standard InChI is InChI=1S/C18H30N4O3S/c1-18(2,22-9-11-25-12-10-22)14-21-17(19-3)20-13-15-5-7-16(8-6-15)26(4,23)24/h5-8H,9-14H2,1-4H3,(H2,19,20,21). The molecule has 1 saturated heterocycles. The van der Waals surface area contributed by atoms with E-state index in [9.17, 15) is 8.42 Å². The zero-order chi connectivity index (χ0) is 19.2. The van der Waals surface area contributed by atoms with Gasteiger partial charge < -0.3 is 15.4 Å². The maximum absolute atomic E-state index is 11.5. The van der Waals surface area contributed by atoms with Crippen LogP contribution in [0.3, 0.4) is 0 Å². The van der Waals surface area contributed by atoms with Crippen molar-refractivity contribution in [3.05, 3.63) is 29.8 Å². The van der Waals surface area contributed by atoms with Gasteiger partial charge in [0, 0.05) is 45.0 Å². The summed E-state index contributed by atoms with van der Waals surface area (Å²) in [6, 6.07) is 6.89. The van der Waals surface area contributed by atoms with Gasteiger partial charge in [0.25, 0.3) is 0 Å². The molecule has 2 rings (SSSR count). The smallest absolute Gasteiger partial charge is 0.191 e. The lowest BCUT2D eigenvalue weighted by Crippen LogP contribution is -2.56. The molecule has 1 fully saturated rings. The molecular formula is C18H30N4O3S. The van der Waals surface area contributed by atoms with E-state index in [-0.39, 0.29) is 5.54 Å². The average Bonchev–Trinajstić information content (AvgIpc) is 2.62. The third kappa shape index (κ3) is 5.96. The number of ether oxygens (including phenoxy) is 1. The molecule has 0 aliphatic carbocycles. The van der Waals surface area contributed by atoms with Crippen LogP contribution >= 0.6 is 0 Å². The number of rotatable bonds is 6. The van der Waals surface area contributed by atoms with Crippen molar-refractivity contribution in [1.82, 2.24) is 15.5 Å². The zero-order valence-electron chi connectivity index (χ0n) is 16.1. The molecular weight excluding hydrogens is 352 g/mol. The highest BCUT2D eigenvalue weighted by Crippen LogP contribution is 2.15. The maximum Gasteiger partial charge on any atom is 0.191 e. The van der Waals surface area contributed by atoms with Crippen molar-refractivity contribution in [1.29, 1.82) is 0 Å². The number of hydrogen-bond donors (Lipinski definition) is 2. The second kappa shape index (κ2) is 8.83. The lowest BCUT2D eigenvalue weighted by Gasteiger charge is -2.41. The minimum atomic E-state index is -3.16. The number of nitrogens with zero attached hydrogens (tertiary/aromatic N) is 2. The summed E-state index contributed by atoms with van der Waals surface area (Å²) >= 11 is 0. The van der Waals surface area contributed by atoms with E-state index in [1.807, 2.05) is 12.1 Å². The lowest BCUT2D eigenvalue weighted by molar-refractivity contribution is -0.00834. The van der Waals surface area contributed by atoms with Gasteiger partial charge in [0.05, 0.1) is 18.1 Å². The van der Waals surface area contributed by atoms with Crippen molar-refractivity contribution in [2.45, 2.75) is 30.8 Å². The fourth-order valence-electron chi connectivity index (χ4n) is 2.84. The van der Waals surface area contributed by atoms with E-state index in [0.717, 1.165) is 44.4 Å². The van der Waals surface area contributed by atoms with Gasteiger partial charge in [0.15, 0.2) is 15.8 Å². The highest BCUT2D eigenvalue weighted by molar-refractivity contribution is 7.90. The highest BCUT2D eigenvalue weighted by Gasteiger charge is 2.28. The van der Waals surface area contributed by atoms with Crippen LogP contribution in [0.4, 0.5) is 0 Å². The van der Waals surface area contributed by atoms with E-state index in [1.165, 1.54) is 6.26 Å². The summed E-state index contributed by atoms with van der Waals surface area (Å²) in [5, 5.41) is 6.64. The Morgan fingerprint density at radius 1 is 1.19 bits per heavy atom. The Balaban J connectivity index is 1.85. The SMILES string of the molecule is CN=C(NCc1ccc(S(C)(=O)=O)cc1)NCC(C)(C)N1CCOCC1. The molecule has 0 saturated carbocycles. The van der Waals surface area contributed by atoms with E-state index >= 15 is 0 Å². The summed E-state index contributed by atoms with van der Waals surface area (Å²) in [6.45, 7) is 9.19. The molecule has 7 nitrogen and oxygen atoms in total. The Bertz CT molecular complexity index is 708. The monoisotopic (exact) mass is 382 g/mol. The Labute approximate surface area is 156 Å². The molecule has 0 amide bonds. The topological polar surface area (TPSA) is 83.0 Å². The van der Waals surface area contributed by atoms with Gasteiger partial charge in [0.1, 0.15) is 0 Å². The first-order chi connectivity index (χ1) is 12.2. The normalized spacial score (nSPS) is 17.2. The molecule has 8 heteroatoms. The Kier molecular flexibility index (Phi) is 7.02. The number of guanidine groups is 1. The van der Waals surface area contributed by atoms with Crippen LogP contribution < -0.4 is 10.6 Å². The van der Waals surface area contributed by atoms with Crippen molar-refractivity contribution in [2.24, 2.45) is 4.99 Å². The van der Waals surface area contributed by atoms with Crippen molar-refractivity contribution >= 4 is 15.8 Å². The zero-order valence-corrected chi connectivity index (χ0v) is 16.9. The van der Waals surface area contributed by atoms with Crippen LogP contribution in [0.15, 0.2) is 34.2 Å². The molecule has 1 aromatic rings. The maximum atomic E-state index is 11.5. The van der Waals surface area contributed by atoms with Gasteiger partial charge in [-0.1, -0.05) is 12.1 Å². The number of nitrogens with one attached hydrogen (secondary N) is 2. The molecule has 0 bridgehead atoms. The van der Waals surface area contributed by atoms with Crippen LogP contribution in [0.2, 0.25) is 0 Å². The van der Waals surface area contributed by atoms with Gasteiger partial charge in [-0.2, -0.15) is 0 Å². The number of sulfone groups is 1. The highest BCUT2D eigenvalue weighted by atomic mass is 32.2. The predicted molar refractivity (Wildman–Crippen MR) is 104 cm³/mol. The van der Waals surface area contributed by atoms with Crippen molar-refractivity contribution < 1.29 is 13.2 Å². The van der Waals surface area contributed by atoms with E-state index < -0.39 is 9.84 Å². The summed E-state index contributed by atoms with van der Waals surface area (Å²) in [6.07, 6.45) is 1.21. The minimum Gasteiger partial charge on any atom is -0.379 e. The summed E-state index contributed by atoms with van der Waals surface area (Å²) in [7, 11) is -1.42. The van der Waals surface area contributed by atoms with Crippen molar-refractivity contribution in [3.63, 3.8) is 0 Å². The van der Waals surface area contributed by atoms with Crippen LogP contribution in [0.1, 0.15) is 19.4 Å². The fraction of sp³-hybridized carbons (Fsp3) is 0.611. The van der Waals surface area contributed by atoms with Crippen LogP contribution in [-0.2, 0) is 21.1 Å². The quantitative estimate of drug-likeness (QED) is 0.561. The molecule has 0 spiro atoms. The molecule has 0 aromatic heterocycles. The molecule has 2 N–H and O–H groups in total. The lowest BCUT2D eigenvalue weighted by atomic mass is 10.0. The summed E-state index contributed by atoms with van der Waals surface area (Å²) in [5.41, 5.74) is 0.992. The number of benzene rings is 1. The first kappa shape index (κ1) is 20.7. The molecule has 146 valence electrons. The Morgan fingerprint density at radius 2 is 1.81 bits per heavy atom. The minimum absolute atomic E-state index is 0.00145. The van der Waals surface area contributed by atoms with Crippen LogP contribution in [0, 0.1) is 0 Å². The van der Waals surface area contributed by atoms with E-state index in [0.29, 0.717) is 11.4 Å². The summed E-state index contributed by atoms with van der Waals surface area (Å²) < 4.78 is 28.4. The second-order valence-electron chi connectivity index (χ2n) is 7.11. The molecule has 0 unspecified atom stereocenters. The number of aliphatic imine (C=N–C) groups is 1. The van der Waals surface area contributed by atoms with Gasteiger partial charge in [-0.3, -0.25) is 9.89 Å². The van der Waals surface area contributed by atoms with Crippen molar-refractivity contribution in [3.8, 4) is 0 Å². The largest absolute Gasteiger partial charge is 0.379 e. The first-order valence-corrected chi connectivity index (χ1v) is 10.7. The molecule has 26 heavy (non-hydrogen) atoms. The van der Waals surface area contributed by atoms with Crippen LogP contribution in [0.25, 0.3) is 0 Å². The number of hydrogen-bond acceptors (Lipinski definition) is 5. The molecule has 1 aliphatic rings. The van der Waals surface area contributed by atoms with Gasteiger partial charge in [-0.15, -0.1) is 0 Å². The van der Waals surface area contributed by atoms with E-state index in [4.69, 9.17) is 4.74 Å². The molecule has 1 aliphatic heterocycles. The molecule has 1 heterocycles. The van der Waals surface area contributed by atoms with Gasteiger partial charge in [-0.05, 0) is 31.5 Å². The van der Waals surface area contributed by atoms with Crippen molar-refractivity contribution in [2.75, 3.05) is 46.2 Å². The third-order valence-electron chi connectivity index (χ3n) is 4.59. The summed E-state index contributed by atoms with van der Waals surface area (Å²) in [5.74, 6) is 0.721. The fourth-order valence-corrected chi connectivity index (χ4v) is 3.47. The molecule has 1 aromatic carbocycles. The third-order valence-corrected chi connectivity index (χ3v) is 5.72. The Hall–Kier alpha value is -1.64. The summed E-state index contributed by atoms with van der Waals surface area (Å²) in [4.78, 5) is 7.01. The van der Waals surface area contributed by atoms with Gasteiger partial charge in [-0.25, -0.2) is 8.42 Å². The second-order valence-corrected chi connectivity index (χ2v) is 9.12. The Morgan fingerprint density at radius 3 is 2.35 bits per heavy atom. The predicted octanol–water partition coefficient (Wildman–Crippen LogP) is 0.866.